The van der Waals surface area contributed by atoms with E-state index in [0.717, 1.165) is 27.4 Å². The van der Waals surface area contributed by atoms with Gasteiger partial charge in [0.15, 0.2) is 5.17 Å². The second-order valence-electron chi connectivity index (χ2n) is 5.81. The molecule has 1 amide bonds. The van der Waals surface area contributed by atoms with Crippen LogP contribution in [0.25, 0.3) is 0 Å². The molecule has 7 nitrogen and oxygen atoms in total. The second kappa shape index (κ2) is 9.52. The number of hydrogen-bond acceptors (Lipinski definition) is 6. The summed E-state index contributed by atoms with van der Waals surface area (Å²) in [6.45, 7) is 0.467. The van der Waals surface area contributed by atoms with Crippen molar-refractivity contribution < 1.29 is 19.4 Å². The fraction of sp³-hybridized carbons (Fsp3) is 0.158. The molecule has 1 aliphatic rings. The van der Waals surface area contributed by atoms with Crippen molar-refractivity contribution in [3.63, 3.8) is 0 Å². The number of amidine groups is 1. The molecule has 2 N–H and O–H groups in total. The third-order valence-corrected chi connectivity index (χ3v) is 5.38. The van der Waals surface area contributed by atoms with Crippen LogP contribution in [0.5, 0.6) is 5.75 Å². The molecule has 0 radical (unpaired) electrons. The Bertz CT molecular complexity index is 934. The Morgan fingerprint density at radius 2 is 2.07 bits per heavy atom. The average molecular weight is 462 g/mol. The van der Waals surface area contributed by atoms with Crippen LogP contribution in [0.4, 0.5) is 0 Å². The van der Waals surface area contributed by atoms with Crippen molar-refractivity contribution in [2.45, 2.75) is 18.3 Å². The number of carbonyl (C=O) groups excluding carboxylic acids is 1. The molecule has 1 heterocycles. The van der Waals surface area contributed by atoms with Gasteiger partial charge in [-0.05, 0) is 45.3 Å². The number of carbonyl (C=O) groups is 2. The SMILES string of the molecule is O=C(O)CC1SC(=NN=Cc2ccc(OCc3ccccc3)c(Br)c2)NC1=O. The van der Waals surface area contributed by atoms with Gasteiger partial charge in [-0.25, -0.2) is 0 Å². The Kier molecular flexibility index (Phi) is 6.83. The summed E-state index contributed by atoms with van der Waals surface area (Å²) in [6, 6.07) is 15.4. The highest BCUT2D eigenvalue weighted by Gasteiger charge is 2.32. The van der Waals surface area contributed by atoms with Gasteiger partial charge in [-0.15, -0.1) is 5.10 Å². The van der Waals surface area contributed by atoms with Crippen molar-refractivity contribution in [2.75, 3.05) is 0 Å². The van der Waals surface area contributed by atoms with Crippen molar-refractivity contribution >= 4 is 51.0 Å². The number of aliphatic carboxylic acids is 1. The summed E-state index contributed by atoms with van der Waals surface area (Å²) in [6.07, 6.45) is 1.28. The average Bonchev–Trinajstić information content (AvgIpc) is 3.00. The van der Waals surface area contributed by atoms with Crippen molar-refractivity contribution in [1.29, 1.82) is 0 Å². The zero-order chi connectivity index (χ0) is 19.9. The summed E-state index contributed by atoms with van der Waals surface area (Å²) in [4.78, 5) is 22.4. The molecule has 1 aliphatic heterocycles. The molecule has 1 fully saturated rings. The number of ether oxygens (including phenoxy) is 1. The molecule has 2 aromatic rings. The Morgan fingerprint density at radius 3 is 2.79 bits per heavy atom. The molecule has 2 aromatic carbocycles. The van der Waals surface area contributed by atoms with Crippen LogP contribution in [-0.2, 0) is 16.2 Å². The van der Waals surface area contributed by atoms with Gasteiger partial charge < -0.3 is 15.2 Å². The number of benzene rings is 2. The summed E-state index contributed by atoms with van der Waals surface area (Å²) in [7, 11) is 0. The standard InChI is InChI=1S/C19H16BrN3O4S/c20-14-8-13(6-7-15(14)27-11-12-4-2-1-3-5-12)10-21-23-19-22-18(26)16(28-19)9-17(24)25/h1-8,10,16H,9,11H2,(H,24,25)(H,22,23,26). The first-order valence-corrected chi connectivity index (χ1v) is 9.95. The van der Waals surface area contributed by atoms with Crippen LogP contribution in [0.2, 0.25) is 0 Å². The lowest BCUT2D eigenvalue weighted by Gasteiger charge is -2.08. The quantitative estimate of drug-likeness (QED) is 0.485. The minimum atomic E-state index is -1.03. The molecule has 28 heavy (non-hydrogen) atoms. The van der Waals surface area contributed by atoms with E-state index in [-0.39, 0.29) is 17.5 Å². The number of hydrogen-bond donors (Lipinski definition) is 2. The van der Waals surface area contributed by atoms with Crippen LogP contribution >= 0.6 is 27.7 Å². The van der Waals surface area contributed by atoms with E-state index in [1.54, 1.807) is 0 Å². The van der Waals surface area contributed by atoms with Gasteiger partial charge in [0.2, 0.25) is 5.91 Å². The van der Waals surface area contributed by atoms with E-state index < -0.39 is 11.2 Å². The number of thioether (sulfide) groups is 1. The topological polar surface area (TPSA) is 100 Å². The highest BCUT2D eigenvalue weighted by atomic mass is 79.9. The number of halogens is 1. The van der Waals surface area contributed by atoms with Gasteiger partial charge in [0.1, 0.15) is 17.6 Å². The zero-order valence-electron chi connectivity index (χ0n) is 14.5. The first-order valence-electron chi connectivity index (χ1n) is 8.28. The molecule has 0 spiro atoms. The summed E-state index contributed by atoms with van der Waals surface area (Å²) >= 11 is 4.54. The number of amides is 1. The summed E-state index contributed by atoms with van der Waals surface area (Å²) < 4.78 is 6.58. The molecule has 9 heteroatoms. The van der Waals surface area contributed by atoms with E-state index in [0.29, 0.717) is 12.4 Å². The third-order valence-electron chi connectivity index (χ3n) is 3.68. The maximum atomic E-state index is 11.7. The van der Waals surface area contributed by atoms with Crippen molar-refractivity contribution in [2.24, 2.45) is 10.2 Å². The van der Waals surface area contributed by atoms with Crippen LogP contribution in [-0.4, -0.2) is 33.6 Å². The molecule has 0 aromatic heterocycles. The molecule has 0 saturated carbocycles. The van der Waals surface area contributed by atoms with E-state index in [4.69, 9.17) is 9.84 Å². The lowest BCUT2D eigenvalue weighted by Crippen LogP contribution is -2.26. The largest absolute Gasteiger partial charge is 0.488 e. The number of nitrogens with one attached hydrogen (secondary N) is 1. The van der Waals surface area contributed by atoms with Crippen molar-refractivity contribution in [1.82, 2.24) is 5.32 Å². The van der Waals surface area contributed by atoms with Crippen LogP contribution in [0.3, 0.4) is 0 Å². The number of carboxylic acid groups (broad SMARTS) is 1. The minimum Gasteiger partial charge on any atom is -0.488 e. The molecule has 3 rings (SSSR count). The smallest absolute Gasteiger partial charge is 0.305 e. The Balaban J connectivity index is 1.58. The maximum absolute atomic E-state index is 11.7. The van der Waals surface area contributed by atoms with E-state index in [1.807, 2.05) is 48.5 Å². The van der Waals surface area contributed by atoms with Crippen LogP contribution in [0, 0.1) is 0 Å². The molecule has 1 unspecified atom stereocenters. The molecule has 1 atom stereocenters. The summed E-state index contributed by atoms with van der Waals surface area (Å²) in [5.74, 6) is -0.691. The van der Waals surface area contributed by atoms with Gasteiger partial charge in [-0.3, -0.25) is 9.59 Å². The Hall–Kier alpha value is -2.65. The molecular formula is C19H16BrN3O4S. The van der Waals surface area contributed by atoms with Gasteiger partial charge in [0.25, 0.3) is 0 Å². The Morgan fingerprint density at radius 1 is 1.29 bits per heavy atom. The number of carboxylic acids is 1. The lowest BCUT2D eigenvalue weighted by atomic mass is 10.2. The summed E-state index contributed by atoms with van der Waals surface area (Å²) in [5.41, 5.74) is 1.87. The third kappa shape index (κ3) is 5.67. The predicted octanol–water partition coefficient (Wildman–Crippen LogP) is 3.42. The second-order valence-corrected chi connectivity index (χ2v) is 7.85. The monoisotopic (exact) mass is 461 g/mol. The molecule has 0 aliphatic carbocycles. The summed E-state index contributed by atoms with van der Waals surface area (Å²) in [5, 5.41) is 18.8. The maximum Gasteiger partial charge on any atom is 0.305 e. The highest BCUT2D eigenvalue weighted by Crippen LogP contribution is 2.26. The van der Waals surface area contributed by atoms with Crippen LogP contribution < -0.4 is 10.1 Å². The minimum absolute atomic E-state index is 0.253. The van der Waals surface area contributed by atoms with Crippen LogP contribution in [0.1, 0.15) is 17.5 Å². The van der Waals surface area contributed by atoms with Crippen molar-refractivity contribution in [3.05, 3.63) is 64.1 Å². The highest BCUT2D eigenvalue weighted by molar-refractivity contribution is 9.10. The molecule has 0 bridgehead atoms. The number of rotatable bonds is 7. The van der Waals surface area contributed by atoms with Gasteiger partial charge in [-0.1, -0.05) is 42.1 Å². The first-order chi connectivity index (χ1) is 13.5. The van der Waals surface area contributed by atoms with E-state index >= 15 is 0 Å². The van der Waals surface area contributed by atoms with Gasteiger partial charge in [-0.2, -0.15) is 5.10 Å². The van der Waals surface area contributed by atoms with E-state index in [9.17, 15) is 9.59 Å². The first kappa shape index (κ1) is 20.1. The fourth-order valence-electron chi connectivity index (χ4n) is 2.34. The van der Waals surface area contributed by atoms with Gasteiger partial charge in [0, 0.05) is 0 Å². The van der Waals surface area contributed by atoms with E-state index in [1.165, 1.54) is 6.21 Å². The normalized spacial score (nSPS) is 17.8. The molecule has 1 saturated heterocycles. The van der Waals surface area contributed by atoms with Gasteiger partial charge >= 0.3 is 5.97 Å². The lowest BCUT2D eigenvalue weighted by molar-refractivity contribution is -0.138. The fourth-order valence-corrected chi connectivity index (χ4v) is 3.77. The number of nitrogens with zero attached hydrogens (tertiary/aromatic N) is 2. The molecular weight excluding hydrogens is 446 g/mol. The van der Waals surface area contributed by atoms with Gasteiger partial charge in [0.05, 0.1) is 17.1 Å². The van der Waals surface area contributed by atoms with Crippen LogP contribution in [0.15, 0.2) is 63.2 Å². The predicted molar refractivity (Wildman–Crippen MR) is 112 cm³/mol. The van der Waals surface area contributed by atoms with E-state index in [2.05, 4.69) is 31.4 Å². The zero-order valence-corrected chi connectivity index (χ0v) is 16.9. The Labute approximate surface area is 174 Å². The molecule has 144 valence electrons. The van der Waals surface area contributed by atoms with Crippen molar-refractivity contribution in [3.8, 4) is 5.75 Å².